The molecule has 0 saturated carbocycles. The topological polar surface area (TPSA) is 53.4 Å². The van der Waals surface area contributed by atoms with E-state index >= 15 is 0 Å². The van der Waals surface area contributed by atoms with E-state index in [2.05, 4.69) is 4.98 Å². The van der Waals surface area contributed by atoms with Crippen molar-refractivity contribution >= 4 is 11.6 Å². The maximum atomic E-state index is 13.3. The van der Waals surface area contributed by atoms with Crippen molar-refractivity contribution in [1.29, 1.82) is 0 Å². The summed E-state index contributed by atoms with van der Waals surface area (Å²) in [5.74, 6) is 0.566. The second-order valence-corrected chi connectivity index (χ2v) is 6.46. The number of aromatic nitrogens is 2. The molecule has 0 unspecified atom stereocenters. The van der Waals surface area contributed by atoms with E-state index in [4.69, 9.17) is 21.1 Å². The number of alkyl halides is 3. The summed E-state index contributed by atoms with van der Waals surface area (Å²) in [6, 6.07) is 10.6. The summed E-state index contributed by atoms with van der Waals surface area (Å²) < 4.78 is 51.5. The zero-order valence-electron chi connectivity index (χ0n) is 15.5. The van der Waals surface area contributed by atoms with Crippen LogP contribution in [-0.4, -0.2) is 23.8 Å². The van der Waals surface area contributed by atoms with Crippen LogP contribution in [-0.2, 0) is 12.7 Å². The van der Waals surface area contributed by atoms with Gasteiger partial charge in [0.05, 0.1) is 31.0 Å². The van der Waals surface area contributed by atoms with Gasteiger partial charge in [0.2, 0.25) is 5.75 Å². The normalized spacial score (nSPS) is 11.4. The van der Waals surface area contributed by atoms with E-state index in [0.717, 1.165) is 11.6 Å². The van der Waals surface area contributed by atoms with Gasteiger partial charge >= 0.3 is 11.7 Å². The minimum absolute atomic E-state index is 0.00489. The molecule has 0 aliphatic carbocycles. The molecule has 0 saturated heterocycles. The molecule has 2 aromatic carbocycles. The molecule has 29 heavy (non-hydrogen) atoms. The Morgan fingerprint density at radius 2 is 1.83 bits per heavy atom. The highest BCUT2D eigenvalue weighted by Gasteiger charge is 2.34. The zero-order valence-corrected chi connectivity index (χ0v) is 16.2. The molecule has 3 aromatic rings. The van der Waals surface area contributed by atoms with Crippen molar-refractivity contribution < 1.29 is 22.6 Å². The van der Waals surface area contributed by atoms with Gasteiger partial charge < -0.3 is 14.0 Å². The van der Waals surface area contributed by atoms with Crippen LogP contribution in [0.4, 0.5) is 13.2 Å². The molecule has 3 rings (SSSR count). The van der Waals surface area contributed by atoms with E-state index in [0.29, 0.717) is 5.75 Å². The van der Waals surface area contributed by atoms with Gasteiger partial charge in [-0.2, -0.15) is 18.2 Å². The first-order chi connectivity index (χ1) is 13.7. The highest BCUT2D eigenvalue weighted by Crippen LogP contribution is 2.39. The molecule has 152 valence electrons. The van der Waals surface area contributed by atoms with Crippen LogP contribution in [0.5, 0.6) is 11.5 Å². The van der Waals surface area contributed by atoms with Crippen molar-refractivity contribution in [2.24, 2.45) is 0 Å². The lowest BCUT2D eigenvalue weighted by Crippen LogP contribution is -2.18. The van der Waals surface area contributed by atoms with Crippen molar-refractivity contribution in [2.45, 2.75) is 12.7 Å². The Morgan fingerprint density at radius 1 is 1.10 bits per heavy atom. The van der Waals surface area contributed by atoms with Gasteiger partial charge in [-0.05, 0) is 29.8 Å². The van der Waals surface area contributed by atoms with Crippen molar-refractivity contribution in [3.8, 4) is 22.9 Å². The minimum atomic E-state index is -4.64. The van der Waals surface area contributed by atoms with Crippen LogP contribution < -0.4 is 15.0 Å². The highest BCUT2D eigenvalue weighted by atomic mass is 35.5. The standard InChI is InChI=1S/C20H16ClF3N2O3/c1-28-13-6-3-5-12(9-13)10-26-11-16(29-2)19(27)25-18(26)14-7-4-8-15(17(14)21)20(22,23)24/h3-9,11H,10H2,1-2H3. The lowest BCUT2D eigenvalue weighted by atomic mass is 10.1. The first kappa shape index (κ1) is 20.7. The van der Waals surface area contributed by atoms with Gasteiger partial charge in [-0.15, -0.1) is 0 Å². The summed E-state index contributed by atoms with van der Waals surface area (Å²) in [6.45, 7) is 0.197. The fourth-order valence-electron chi connectivity index (χ4n) is 2.84. The monoisotopic (exact) mass is 424 g/mol. The number of rotatable bonds is 5. The Balaban J connectivity index is 2.19. The van der Waals surface area contributed by atoms with E-state index < -0.39 is 22.3 Å². The summed E-state index contributed by atoms with van der Waals surface area (Å²) in [5, 5.41) is -0.531. The Bertz CT molecular complexity index is 1100. The number of ether oxygens (including phenoxy) is 2. The summed E-state index contributed by atoms with van der Waals surface area (Å²) in [4.78, 5) is 16.1. The van der Waals surface area contributed by atoms with Crippen LogP contribution in [0.25, 0.3) is 11.4 Å². The summed E-state index contributed by atoms with van der Waals surface area (Å²) in [5.41, 5.74) is -0.946. The first-order valence-corrected chi connectivity index (χ1v) is 8.77. The molecule has 0 atom stereocenters. The van der Waals surface area contributed by atoms with E-state index in [1.807, 2.05) is 6.07 Å². The van der Waals surface area contributed by atoms with Crippen LogP contribution in [0.3, 0.4) is 0 Å². The van der Waals surface area contributed by atoms with Crippen molar-refractivity contribution in [2.75, 3.05) is 14.2 Å². The molecule has 0 radical (unpaired) electrons. The Labute approximate surface area is 169 Å². The molecule has 9 heteroatoms. The van der Waals surface area contributed by atoms with Crippen molar-refractivity contribution in [1.82, 2.24) is 9.55 Å². The fraction of sp³-hybridized carbons (Fsp3) is 0.200. The Kier molecular flexibility index (Phi) is 5.83. The average Bonchev–Trinajstić information content (AvgIpc) is 2.68. The number of nitrogens with zero attached hydrogens (tertiary/aromatic N) is 2. The molecule has 0 spiro atoms. The third-order valence-corrected chi connectivity index (χ3v) is 4.62. The molecule has 0 amide bonds. The van der Waals surface area contributed by atoms with E-state index in [-0.39, 0.29) is 23.7 Å². The highest BCUT2D eigenvalue weighted by molar-refractivity contribution is 6.34. The SMILES string of the molecule is COc1cccc(Cn2cc(OC)c(=O)nc2-c2cccc(C(F)(F)F)c2Cl)c1. The average molecular weight is 425 g/mol. The van der Waals surface area contributed by atoms with Gasteiger partial charge in [0, 0.05) is 12.1 Å². The number of benzene rings is 2. The van der Waals surface area contributed by atoms with Gasteiger partial charge in [0.15, 0.2) is 0 Å². The molecule has 0 fully saturated rings. The van der Waals surface area contributed by atoms with Crippen LogP contribution in [0.1, 0.15) is 11.1 Å². The maximum absolute atomic E-state index is 13.3. The third-order valence-electron chi connectivity index (χ3n) is 4.22. The zero-order chi connectivity index (χ0) is 21.2. The molecule has 0 aliphatic rings. The summed E-state index contributed by atoms with van der Waals surface area (Å²) in [6.07, 6.45) is -3.25. The smallest absolute Gasteiger partial charge is 0.417 e. The molecular formula is C20H16ClF3N2O3. The molecular weight excluding hydrogens is 409 g/mol. The van der Waals surface area contributed by atoms with Crippen LogP contribution in [0.15, 0.2) is 53.5 Å². The minimum Gasteiger partial charge on any atom is -0.497 e. The lowest BCUT2D eigenvalue weighted by Gasteiger charge is -2.17. The van der Waals surface area contributed by atoms with Crippen molar-refractivity contribution in [3.05, 3.63) is 75.2 Å². The number of methoxy groups -OCH3 is 2. The van der Waals surface area contributed by atoms with E-state index in [9.17, 15) is 18.0 Å². The second-order valence-electron chi connectivity index (χ2n) is 6.08. The molecule has 1 heterocycles. The van der Waals surface area contributed by atoms with Crippen LogP contribution in [0, 0.1) is 0 Å². The number of hydrogen-bond donors (Lipinski definition) is 0. The predicted octanol–water partition coefficient (Wildman–Crippen LogP) is 4.65. The number of halogens is 4. The van der Waals surface area contributed by atoms with Crippen LogP contribution >= 0.6 is 11.6 Å². The van der Waals surface area contributed by atoms with Gasteiger partial charge in [-0.3, -0.25) is 4.79 Å². The summed E-state index contributed by atoms with van der Waals surface area (Å²) >= 11 is 6.05. The second kappa shape index (κ2) is 8.16. The van der Waals surface area contributed by atoms with Gasteiger partial charge in [-0.1, -0.05) is 29.8 Å². The molecule has 0 aliphatic heterocycles. The predicted molar refractivity (Wildman–Crippen MR) is 103 cm³/mol. The summed E-state index contributed by atoms with van der Waals surface area (Å²) in [7, 11) is 2.84. The number of hydrogen-bond acceptors (Lipinski definition) is 4. The van der Waals surface area contributed by atoms with Crippen LogP contribution in [0.2, 0.25) is 5.02 Å². The maximum Gasteiger partial charge on any atom is 0.417 e. The third kappa shape index (κ3) is 4.37. The van der Waals surface area contributed by atoms with E-state index in [1.54, 1.807) is 18.2 Å². The molecule has 0 bridgehead atoms. The molecule has 1 aromatic heterocycles. The largest absolute Gasteiger partial charge is 0.497 e. The van der Waals surface area contributed by atoms with Gasteiger partial charge in [-0.25, -0.2) is 0 Å². The van der Waals surface area contributed by atoms with Crippen molar-refractivity contribution in [3.63, 3.8) is 0 Å². The van der Waals surface area contributed by atoms with Gasteiger partial charge in [0.25, 0.3) is 0 Å². The quantitative estimate of drug-likeness (QED) is 0.598. The first-order valence-electron chi connectivity index (χ1n) is 8.39. The Hall–Kier alpha value is -3.00. The fourth-order valence-corrected chi connectivity index (χ4v) is 3.16. The Morgan fingerprint density at radius 3 is 2.48 bits per heavy atom. The molecule has 0 N–H and O–H groups in total. The van der Waals surface area contributed by atoms with E-state index in [1.165, 1.54) is 37.1 Å². The van der Waals surface area contributed by atoms with Gasteiger partial charge in [0.1, 0.15) is 11.6 Å². The lowest BCUT2D eigenvalue weighted by molar-refractivity contribution is -0.137. The molecule has 5 nitrogen and oxygen atoms in total.